The van der Waals surface area contributed by atoms with Crippen LogP contribution in [0.2, 0.25) is 0 Å². The van der Waals surface area contributed by atoms with E-state index in [4.69, 9.17) is 0 Å². The number of hydrogen-bond acceptors (Lipinski definition) is 2. The van der Waals surface area contributed by atoms with Gasteiger partial charge in [-0.15, -0.1) is 0 Å². The monoisotopic (exact) mass is 284 g/mol. The van der Waals surface area contributed by atoms with Crippen molar-refractivity contribution in [1.82, 2.24) is 10.6 Å². The molecule has 0 radical (unpaired) electrons. The molecule has 2 N–H and O–H groups in total. The SMILES string of the molecule is O=C(NC1CCCCNC1)C1C2CCc3ccccc3C21. The van der Waals surface area contributed by atoms with E-state index in [1.54, 1.807) is 0 Å². The van der Waals surface area contributed by atoms with Crippen molar-refractivity contribution in [2.75, 3.05) is 13.1 Å². The molecule has 0 bridgehead atoms. The molecule has 21 heavy (non-hydrogen) atoms. The summed E-state index contributed by atoms with van der Waals surface area (Å²) in [7, 11) is 0. The molecule has 1 amide bonds. The van der Waals surface area contributed by atoms with Gasteiger partial charge in [-0.3, -0.25) is 4.79 Å². The van der Waals surface area contributed by atoms with Crippen LogP contribution in [-0.4, -0.2) is 25.0 Å². The predicted molar refractivity (Wildman–Crippen MR) is 83.1 cm³/mol. The first-order chi connectivity index (χ1) is 10.3. The second kappa shape index (κ2) is 5.45. The van der Waals surface area contributed by atoms with Gasteiger partial charge in [0, 0.05) is 18.5 Å². The molecule has 1 aromatic carbocycles. The van der Waals surface area contributed by atoms with E-state index in [1.807, 2.05) is 0 Å². The highest BCUT2D eigenvalue weighted by Gasteiger charge is 2.57. The quantitative estimate of drug-likeness (QED) is 0.874. The zero-order valence-electron chi connectivity index (χ0n) is 12.5. The van der Waals surface area contributed by atoms with Crippen molar-refractivity contribution in [3.8, 4) is 0 Å². The highest BCUT2D eigenvalue weighted by atomic mass is 16.2. The second-order valence-electron chi connectivity index (χ2n) is 6.86. The Labute approximate surface area is 126 Å². The molecule has 3 nitrogen and oxygen atoms in total. The molecule has 1 aromatic rings. The van der Waals surface area contributed by atoms with Gasteiger partial charge in [0.25, 0.3) is 0 Å². The fourth-order valence-electron chi connectivity index (χ4n) is 4.36. The third kappa shape index (κ3) is 2.48. The van der Waals surface area contributed by atoms with Gasteiger partial charge < -0.3 is 10.6 Å². The first-order valence-electron chi connectivity index (χ1n) is 8.43. The van der Waals surface area contributed by atoms with Crippen molar-refractivity contribution in [3.63, 3.8) is 0 Å². The fourth-order valence-corrected chi connectivity index (χ4v) is 4.36. The summed E-state index contributed by atoms with van der Waals surface area (Å²) in [6, 6.07) is 9.02. The molecule has 3 heteroatoms. The van der Waals surface area contributed by atoms with Gasteiger partial charge in [-0.1, -0.05) is 30.7 Å². The van der Waals surface area contributed by atoms with Gasteiger partial charge in [-0.25, -0.2) is 0 Å². The summed E-state index contributed by atoms with van der Waals surface area (Å²) in [4.78, 5) is 12.6. The van der Waals surface area contributed by atoms with E-state index in [-0.39, 0.29) is 5.92 Å². The summed E-state index contributed by atoms with van der Waals surface area (Å²) >= 11 is 0. The third-order valence-electron chi connectivity index (χ3n) is 5.53. The van der Waals surface area contributed by atoms with E-state index in [9.17, 15) is 4.79 Å². The van der Waals surface area contributed by atoms with Gasteiger partial charge in [0.05, 0.1) is 0 Å². The Morgan fingerprint density at radius 1 is 1.19 bits per heavy atom. The molecule has 1 aliphatic heterocycles. The van der Waals surface area contributed by atoms with Crippen LogP contribution in [0.15, 0.2) is 24.3 Å². The van der Waals surface area contributed by atoms with Crippen LogP contribution >= 0.6 is 0 Å². The first-order valence-corrected chi connectivity index (χ1v) is 8.43. The predicted octanol–water partition coefficient (Wildman–Crippen LogP) is 2.22. The Bertz CT molecular complexity index is 534. The van der Waals surface area contributed by atoms with Gasteiger partial charge in [0.15, 0.2) is 0 Å². The van der Waals surface area contributed by atoms with E-state index < -0.39 is 0 Å². The molecule has 4 rings (SSSR count). The van der Waals surface area contributed by atoms with Crippen LogP contribution in [0.1, 0.15) is 42.7 Å². The number of aryl methyl sites for hydroxylation is 1. The van der Waals surface area contributed by atoms with Crippen molar-refractivity contribution in [2.24, 2.45) is 11.8 Å². The Morgan fingerprint density at radius 2 is 2.10 bits per heavy atom. The van der Waals surface area contributed by atoms with Crippen LogP contribution in [-0.2, 0) is 11.2 Å². The standard InChI is InChI=1S/C18H24N2O/c21-18(20-13-6-3-4-10-19-11-13)17-15-9-8-12-5-1-2-7-14(12)16(15)17/h1-2,5,7,13,15-17,19H,3-4,6,8-11H2,(H,20,21). The average molecular weight is 284 g/mol. The number of nitrogens with one attached hydrogen (secondary N) is 2. The molecular formula is C18H24N2O. The molecule has 1 saturated carbocycles. The van der Waals surface area contributed by atoms with Gasteiger partial charge in [0.2, 0.25) is 5.91 Å². The maximum Gasteiger partial charge on any atom is 0.224 e. The zero-order chi connectivity index (χ0) is 14.2. The van der Waals surface area contributed by atoms with Crippen LogP contribution in [0, 0.1) is 11.8 Å². The van der Waals surface area contributed by atoms with Crippen LogP contribution in [0.3, 0.4) is 0 Å². The molecule has 4 unspecified atom stereocenters. The largest absolute Gasteiger partial charge is 0.352 e. The maximum absolute atomic E-state index is 12.6. The molecule has 2 fully saturated rings. The highest BCUT2D eigenvalue weighted by Crippen LogP contribution is 2.59. The summed E-state index contributed by atoms with van der Waals surface area (Å²) in [5.74, 6) is 1.62. The van der Waals surface area contributed by atoms with Crippen LogP contribution < -0.4 is 10.6 Å². The molecule has 112 valence electrons. The number of carbonyl (C=O) groups excluding carboxylic acids is 1. The Hall–Kier alpha value is -1.35. The summed E-state index contributed by atoms with van der Waals surface area (Å²) in [5.41, 5.74) is 2.90. The van der Waals surface area contributed by atoms with Gasteiger partial charge in [-0.2, -0.15) is 0 Å². The lowest BCUT2D eigenvalue weighted by Crippen LogP contribution is -2.41. The van der Waals surface area contributed by atoms with Crippen LogP contribution in [0.5, 0.6) is 0 Å². The molecule has 4 atom stereocenters. The first kappa shape index (κ1) is 13.3. The zero-order valence-corrected chi connectivity index (χ0v) is 12.5. The minimum absolute atomic E-state index is 0.233. The number of benzene rings is 1. The molecule has 0 aromatic heterocycles. The summed E-state index contributed by atoms with van der Waals surface area (Å²) in [5, 5.41) is 6.73. The molecule has 1 saturated heterocycles. The van der Waals surface area contributed by atoms with Gasteiger partial charge in [-0.05, 0) is 55.2 Å². The lowest BCUT2D eigenvalue weighted by Gasteiger charge is -2.16. The normalized spacial score (nSPS) is 34.3. The van der Waals surface area contributed by atoms with Crippen LogP contribution in [0.4, 0.5) is 0 Å². The van der Waals surface area contributed by atoms with E-state index in [2.05, 4.69) is 34.9 Å². The molecular weight excluding hydrogens is 260 g/mol. The smallest absolute Gasteiger partial charge is 0.224 e. The fraction of sp³-hybridized carbons (Fsp3) is 0.611. The number of amides is 1. The van der Waals surface area contributed by atoms with Crippen molar-refractivity contribution in [2.45, 2.75) is 44.1 Å². The number of fused-ring (bicyclic) bond motifs is 3. The summed E-state index contributed by atoms with van der Waals surface area (Å²) in [6.07, 6.45) is 5.90. The molecule has 3 aliphatic rings. The molecule has 0 spiro atoms. The van der Waals surface area contributed by atoms with Crippen LogP contribution in [0.25, 0.3) is 0 Å². The Kier molecular flexibility index (Phi) is 3.46. The highest BCUT2D eigenvalue weighted by molar-refractivity contribution is 5.84. The van der Waals surface area contributed by atoms with Crippen molar-refractivity contribution in [1.29, 1.82) is 0 Å². The third-order valence-corrected chi connectivity index (χ3v) is 5.53. The number of hydrogen-bond donors (Lipinski definition) is 2. The minimum Gasteiger partial charge on any atom is -0.352 e. The maximum atomic E-state index is 12.6. The summed E-state index contributed by atoms with van der Waals surface area (Å²) in [6.45, 7) is 2.03. The minimum atomic E-state index is 0.233. The summed E-state index contributed by atoms with van der Waals surface area (Å²) < 4.78 is 0. The molecule has 2 aliphatic carbocycles. The second-order valence-corrected chi connectivity index (χ2v) is 6.86. The van der Waals surface area contributed by atoms with Gasteiger partial charge >= 0.3 is 0 Å². The van der Waals surface area contributed by atoms with Crippen molar-refractivity contribution in [3.05, 3.63) is 35.4 Å². The van der Waals surface area contributed by atoms with Crippen molar-refractivity contribution >= 4 is 5.91 Å². The number of carbonyl (C=O) groups is 1. The van der Waals surface area contributed by atoms with E-state index >= 15 is 0 Å². The van der Waals surface area contributed by atoms with Gasteiger partial charge in [0.1, 0.15) is 0 Å². The van der Waals surface area contributed by atoms with E-state index in [0.29, 0.717) is 23.8 Å². The van der Waals surface area contributed by atoms with Crippen molar-refractivity contribution < 1.29 is 4.79 Å². The van der Waals surface area contributed by atoms with E-state index in [0.717, 1.165) is 25.9 Å². The number of rotatable bonds is 2. The Balaban J connectivity index is 1.43. The topological polar surface area (TPSA) is 41.1 Å². The average Bonchev–Trinajstić information content (AvgIpc) is 3.28. The molecule has 1 heterocycles. The Morgan fingerprint density at radius 3 is 3.05 bits per heavy atom. The van der Waals surface area contributed by atoms with E-state index in [1.165, 1.54) is 30.4 Å². The lowest BCUT2D eigenvalue weighted by atomic mass is 9.92. The lowest BCUT2D eigenvalue weighted by molar-refractivity contribution is -0.123.